The van der Waals surface area contributed by atoms with Crippen LogP contribution in [0.25, 0.3) is 115 Å². The van der Waals surface area contributed by atoms with Gasteiger partial charge in [-0.2, -0.15) is 0 Å². The van der Waals surface area contributed by atoms with Crippen molar-refractivity contribution in [1.29, 1.82) is 0 Å². The highest BCUT2D eigenvalue weighted by Gasteiger charge is 2.23. The average Bonchev–Trinajstić information content (AvgIpc) is 3.84. The van der Waals surface area contributed by atoms with E-state index in [9.17, 15) is 0 Å². The van der Waals surface area contributed by atoms with Crippen LogP contribution in [0.3, 0.4) is 0 Å². The summed E-state index contributed by atoms with van der Waals surface area (Å²) >= 11 is 0. The summed E-state index contributed by atoms with van der Waals surface area (Å²) in [6.07, 6.45) is 0. The molecule has 0 radical (unpaired) electrons. The second-order valence-corrected chi connectivity index (χ2v) is 13.7. The molecule has 250 valence electrons. The van der Waals surface area contributed by atoms with Crippen molar-refractivity contribution in [3.63, 3.8) is 0 Å². The Bertz CT molecular complexity index is 3780. The number of furan rings is 1. The van der Waals surface area contributed by atoms with E-state index < -0.39 is 6.04 Å². The lowest BCUT2D eigenvalue weighted by molar-refractivity contribution is 0.677. The molecule has 12 rings (SSSR count). The van der Waals surface area contributed by atoms with Gasteiger partial charge in [0, 0.05) is 37.9 Å². The summed E-state index contributed by atoms with van der Waals surface area (Å²) < 4.78 is 51.4. The Morgan fingerprint density at radius 2 is 1.11 bits per heavy atom. The summed E-state index contributed by atoms with van der Waals surface area (Å²) in [4.78, 5) is 10.7. The van der Waals surface area contributed by atoms with Gasteiger partial charge in [0.15, 0.2) is 0 Å². The van der Waals surface area contributed by atoms with E-state index in [4.69, 9.17) is 21.2 Å². The zero-order valence-corrected chi connectivity index (χ0v) is 28.6. The van der Waals surface area contributed by atoms with E-state index in [2.05, 4.69) is 95.6 Å². The summed E-state index contributed by atoms with van der Waals surface area (Å²) in [6.45, 7) is 0. The molecular weight excluding hydrogens is 659 g/mol. The lowest BCUT2D eigenvalue weighted by atomic mass is 9.96. The van der Waals surface area contributed by atoms with Crippen LogP contribution in [0.4, 0.5) is 0 Å². The third-order valence-corrected chi connectivity index (χ3v) is 10.9. The molecule has 0 atom stereocenters. The SMILES string of the molecule is [2H]c1c([2H])c([2H])c(-c2cccc(-c3nc(-n4c5ccccc5c5c6oc7c8ccccc8c8ccccc8c7c6ccc54)nc4c3ccc3ccccc34)c2)c([2H])c1[2H]. The molecule has 0 saturated carbocycles. The highest BCUT2D eigenvalue weighted by Crippen LogP contribution is 2.45. The standard InChI is InChI=1S/C50H29N3O/c1-2-13-30(14-3-1)32-16-12-17-33(29-32)46-41-26-25-31-15-4-5-18-34(31)47(41)52-50(51-46)53-42-24-11-10-23-39(42)45-43(53)28-27-40-44-37-21-8-6-19-35(37)36-20-7-9-22-38(36)48(44)54-49(40)45/h1-29H/i1D,2D,3D,13D,14D. The van der Waals surface area contributed by atoms with Crippen LogP contribution in [-0.4, -0.2) is 14.5 Å². The van der Waals surface area contributed by atoms with E-state index in [-0.39, 0.29) is 29.7 Å². The first kappa shape index (κ1) is 24.8. The second kappa shape index (κ2) is 11.1. The average molecular weight is 693 g/mol. The molecule has 54 heavy (non-hydrogen) atoms. The fraction of sp³-hybridized carbons (Fsp3) is 0. The van der Waals surface area contributed by atoms with Gasteiger partial charge in [-0.15, -0.1) is 0 Å². The van der Waals surface area contributed by atoms with Gasteiger partial charge < -0.3 is 4.42 Å². The normalized spacial score (nSPS) is 13.4. The summed E-state index contributed by atoms with van der Waals surface area (Å²) in [5.74, 6) is 0.467. The zero-order chi connectivity index (χ0) is 39.7. The highest BCUT2D eigenvalue weighted by molar-refractivity contribution is 6.33. The van der Waals surface area contributed by atoms with Crippen molar-refractivity contribution in [3.8, 4) is 28.3 Å². The number of rotatable bonds is 3. The van der Waals surface area contributed by atoms with E-state index in [0.29, 0.717) is 17.2 Å². The van der Waals surface area contributed by atoms with Crippen LogP contribution in [-0.2, 0) is 0 Å². The smallest absolute Gasteiger partial charge is 0.235 e. The molecule has 0 saturated heterocycles. The van der Waals surface area contributed by atoms with Crippen LogP contribution >= 0.6 is 0 Å². The first-order chi connectivity index (χ1) is 28.9. The van der Waals surface area contributed by atoms with Gasteiger partial charge in [0.05, 0.1) is 34.5 Å². The van der Waals surface area contributed by atoms with Crippen LogP contribution in [0, 0.1) is 0 Å². The van der Waals surface area contributed by atoms with Gasteiger partial charge >= 0.3 is 0 Å². The number of benzene rings is 9. The Morgan fingerprint density at radius 1 is 0.444 bits per heavy atom. The number of hydrogen-bond acceptors (Lipinski definition) is 3. The van der Waals surface area contributed by atoms with Gasteiger partial charge in [0.2, 0.25) is 5.95 Å². The molecular formula is C50H29N3O. The first-order valence-electron chi connectivity index (χ1n) is 20.4. The minimum Gasteiger partial charge on any atom is -0.455 e. The topological polar surface area (TPSA) is 43.9 Å². The zero-order valence-electron chi connectivity index (χ0n) is 33.6. The number of aromatic nitrogens is 3. The fourth-order valence-corrected chi connectivity index (χ4v) is 8.52. The molecule has 0 fully saturated rings. The summed E-state index contributed by atoms with van der Waals surface area (Å²) in [5.41, 5.74) is 6.24. The van der Waals surface area contributed by atoms with E-state index in [1.54, 1.807) is 6.07 Å². The Morgan fingerprint density at radius 3 is 1.96 bits per heavy atom. The molecule has 0 aliphatic carbocycles. The highest BCUT2D eigenvalue weighted by atomic mass is 16.3. The van der Waals surface area contributed by atoms with Crippen molar-refractivity contribution in [1.82, 2.24) is 14.5 Å². The van der Waals surface area contributed by atoms with Crippen LogP contribution in [0.1, 0.15) is 6.85 Å². The van der Waals surface area contributed by atoms with E-state index >= 15 is 0 Å². The van der Waals surface area contributed by atoms with Crippen molar-refractivity contribution in [2.24, 2.45) is 0 Å². The summed E-state index contributed by atoms with van der Waals surface area (Å²) in [7, 11) is 0. The number of hydrogen-bond donors (Lipinski definition) is 0. The van der Waals surface area contributed by atoms with Crippen LogP contribution in [0.15, 0.2) is 180 Å². The largest absolute Gasteiger partial charge is 0.455 e. The van der Waals surface area contributed by atoms with Crippen molar-refractivity contribution in [2.45, 2.75) is 0 Å². The van der Waals surface area contributed by atoms with Gasteiger partial charge in [-0.1, -0.05) is 145 Å². The van der Waals surface area contributed by atoms with Gasteiger partial charge in [-0.25, -0.2) is 9.97 Å². The molecule has 0 unspecified atom stereocenters. The van der Waals surface area contributed by atoms with Crippen molar-refractivity contribution >= 4 is 87.0 Å². The van der Waals surface area contributed by atoms with Gasteiger partial charge in [0.1, 0.15) is 11.2 Å². The minimum atomic E-state index is -0.425. The van der Waals surface area contributed by atoms with Gasteiger partial charge in [0.25, 0.3) is 0 Å². The Kier molecular flexibility index (Phi) is 5.10. The van der Waals surface area contributed by atoms with Crippen LogP contribution in [0.5, 0.6) is 0 Å². The third-order valence-electron chi connectivity index (χ3n) is 10.9. The van der Waals surface area contributed by atoms with E-state index in [0.717, 1.165) is 87.1 Å². The monoisotopic (exact) mass is 692 g/mol. The van der Waals surface area contributed by atoms with Crippen molar-refractivity contribution in [3.05, 3.63) is 176 Å². The molecule has 0 aliphatic rings. The van der Waals surface area contributed by atoms with Gasteiger partial charge in [-0.05, 0) is 63.0 Å². The maximum Gasteiger partial charge on any atom is 0.235 e. The third kappa shape index (κ3) is 4.08. The van der Waals surface area contributed by atoms with E-state index in [1.807, 2.05) is 48.5 Å². The Balaban J connectivity index is 1.18. The molecule has 9 aromatic carbocycles. The predicted octanol–water partition coefficient (Wildman–Crippen LogP) is 13.4. The molecule has 0 N–H and O–H groups in total. The molecule has 12 aromatic rings. The Hall–Kier alpha value is -7.30. The maximum absolute atomic E-state index is 8.71. The second-order valence-electron chi connectivity index (χ2n) is 13.7. The number of para-hydroxylation sites is 1. The maximum atomic E-state index is 8.71. The lowest BCUT2D eigenvalue weighted by Gasteiger charge is -2.14. The van der Waals surface area contributed by atoms with Crippen LogP contribution in [0.2, 0.25) is 0 Å². The Labute approximate surface area is 316 Å². The molecule has 3 aromatic heterocycles. The number of fused-ring (bicyclic) bond motifs is 15. The van der Waals surface area contributed by atoms with Crippen molar-refractivity contribution in [2.75, 3.05) is 0 Å². The van der Waals surface area contributed by atoms with Gasteiger partial charge in [-0.3, -0.25) is 4.57 Å². The lowest BCUT2D eigenvalue weighted by Crippen LogP contribution is -2.04. The first-order valence-corrected chi connectivity index (χ1v) is 17.9. The predicted molar refractivity (Wildman–Crippen MR) is 225 cm³/mol. The summed E-state index contributed by atoms with van der Waals surface area (Å²) in [6, 6.07) is 47.5. The van der Waals surface area contributed by atoms with Crippen LogP contribution < -0.4 is 0 Å². The number of nitrogens with zero attached hydrogens (tertiary/aromatic N) is 3. The quantitative estimate of drug-likeness (QED) is 0.173. The molecule has 4 heteroatoms. The minimum absolute atomic E-state index is 0.139. The van der Waals surface area contributed by atoms with Crippen molar-refractivity contribution < 1.29 is 11.3 Å². The molecule has 0 spiro atoms. The molecule has 3 heterocycles. The molecule has 0 aliphatic heterocycles. The summed E-state index contributed by atoms with van der Waals surface area (Å²) in [5, 5.41) is 11.5. The fourth-order valence-electron chi connectivity index (χ4n) is 8.52. The van der Waals surface area contributed by atoms with E-state index in [1.165, 1.54) is 5.39 Å². The molecule has 0 bridgehead atoms. The molecule has 4 nitrogen and oxygen atoms in total. The molecule has 0 amide bonds.